The van der Waals surface area contributed by atoms with Crippen LogP contribution in [0.4, 0.5) is 0 Å². The van der Waals surface area contributed by atoms with Crippen LogP contribution >= 0.6 is 22.3 Å². The third kappa shape index (κ3) is 3.71. The molecule has 7 heteroatoms. The number of benzene rings is 1. The molecule has 0 atom stereocenters. The summed E-state index contributed by atoms with van der Waals surface area (Å²) in [6, 6.07) is 4.26. The highest BCUT2D eigenvalue weighted by Crippen LogP contribution is 2.33. The molecule has 0 saturated carbocycles. The topological polar surface area (TPSA) is 54.5 Å². The molecule has 21 heavy (non-hydrogen) atoms. The molecule has 1 aromatic carbocycles. The Bertz CT molecular complexity index is 661. The van der Waals surface area contributed by atoms with Crippen LogP contribution in [0.15, 0.2) is 23.1 Å². The summed E-state index contributed by atoms with van der Waals surface area (Å²) in [6.45, 7) is 5.47. The Morgan fingerprint density at radius 2 is 1.81 bits per heavy atom. The molecule has 4 nitrogen and oxygen atoms in total. The van der Waals surface area contributed by atoms with Gasteiger partial charge in [-0.3, -0.25) is 4.79 Å². The van der Waals surface area contributed by atoms with Crippen molar-refractivity contribution in [3.8, 4) is 0 Å². The normalized spacial score (nSPS) is 18.6. The minimum atomic E-state index is -4.02. The number of carbonyl (C=O) groups is 1. The van der Waals surface area contributed by atoms with Gasteiger partial charge in [0.25, 0.3) is 15.0 Å². The van der Waals surface area contributed by atoms with E-state index in [4.69, 9.17) is 22.3 Å². The number of likely N-dealkylation sites (tertiary alicyclic amines) is 1. The summed E-state index contributed by atoms with van der Waals surface area (Å²) in [7, 11) is 1.38. The molecular formula is C14H17Cl2NO3S. The fraction of sp³-hybridized carbons (Fsp3) is 0.500. The molecular weight excluding hydrogens is 333 g/mol. The average Bonchev–Trinajstić information content (AvgIpc) is 2.36. The third-order valence-corrected chi connectivity index (χ3v) is 5.54. The molecule has 1 aliphatic rings. The van der Waals surface area contributed by atoms with Crippen LogP contribution in [0.25, 0.3) is 0 Å². The van der Waals surface area contributed by atoms with E-state index in [0.717, 1.165) is 12.8 Å². The molecule has 0 spiro atoms. The molecule has 0 radical (unpaired) electrons. The van der Waals surface area contributed by atoms with Crippen molar-refractivity contribution < 1.29 is 13.2 Å². The number of nitrogens with zero attached hydrogens (tertiary/aromatic N) is 1. The second kappa shape index (κ2) is 5.78. The molecule has 1 aromatic rings. The molecule has 116 valence electrons. The fourth-order valence-corrected chi connectivity index (χ4v) is 3.77. The SMILES string of the molecule is CC1(C)CCN(C(=O)c2c(Cl)cccc2S(=O)(=O)Cl)CC1. The minimum absolute atomic E-state index is 0.0335. The number of amides is 1. The van der Waals surface area contributed by atoms with Crippen molar-refractivity contribution in [2.24, 2.45) is 5.41 Å². The highest BCUT2D eigenvalue weighted by molar-refractivity contribution is 8.13. The highest BCUT2D eigenvalue weighted by Gasteiger charge is 2.31. The first-order valence-corrected chi connectivity index (χ1v) is 9.33. The molecule has 0 bridgehead atoms. The zero-order chi connectivity index (χ0) is 15.8. The smallest absolute Gasteiger partial charge is 0.262 e. The first-order chi connectivity index (χ1) is 9.62. The van der Waals surface area contributed by atoms with Gasteiger partial charge in [0, 0.05) is 23.8 Å². The summed E-state index contributed by atoms with van der Waals surface area (Å²) >= 11 is 6.03. The van der Waals surface area contributed by atoms with E-state index in [2.05, 4.69) is 13.8 Å². The lowest BCUT2D eigenvalue weighted by atomic mass is 9.82. The number of rotatable bonds is 2. The fourth-order valence-electron chi connectivity index (χ4n) is 2.39. The van der Waals surface area contributed by atoms with Crippen LogP contribution in [0.3, 0.4) is 0 Å². The van der Waals surface area contributed by atoms with Crippen molar-refractivity contribution in [2.75, 3.05) is 13.1 Å². The summed E-state index contributed by atoms with van der Waals surface area (Å²) < 4.78 is 23.3. The van der Waals surface area contributed by atoms with E-state index in [1.807, 2.05) is 0 Å². The van der Waals surface area contributed by atoms with Crippen LogP contribution in [0.1, 0.15) is 37.0 Å². The maximum atomic E-state index is 12.6. The van der Waals surface area contributed by atoms with Gasteiger partial charge in [0.2, 0.25) is 0 Å². The molecule has 1 aliphatic heterocycles. The molecule has 2 rings (SSSR count). The van der Waals surface area contributed by atoms with E-state index >= 15 is 0 Å². The Morgan fingerprint density at radius 3 is 2.33 bits per heavy atom. The molecule has 0 N–H and O–H groups in total. The Kier molecular flexibility index (Phi) is 4.57. The summed E-state index contributed by atoms with van der Waals surface area (Å²) in [6.07, 6.45) is 1.73. The number of carbonyl (C=O) groups excluding carboxylic acids is 1. The van der Waals surface area contributed by atoms with E-state index in [1.54, 1.807) is 4.90 Å². The van der Waals surface area contributed by atoms with E-state index in [0.29, 0.717) is 13.1 Å². The van der Waals surface area contributed by atoms with Crippen LogP contribution in [-0.4, -0.2) is 32.3 Å². The summed E-state index contributed by atoms with van der Waals surface area (Å²) in [5.74, 6) is -0.379. The summed E-state index contributed by atoms with van der Waals surface area (Å²) in [4.78, 5) is 14.0. The van der Waals surface area contributed by atoms with Crippen molar-refractivity contribution in [2.45, 2.75) is 31.6 Å². The van der Waals surface area contributed by atoms with Crippen LogP contribution in [0.5, 0.6) is 0 Å². The zero-order valence-electron chi connectivity index (χ0n) is 11.9. The van der Waals surface area contributed by atoms with Crippen LogP contribution < -0.4 is 0 Å². The van der Waals surface area contributed by atoms with Gasteiger partial charge in [-0.2, -0.15) is 0 Å². The first kappa shape index (κ1) is 16.6. The number of halogens is 2. The van der Waals surface area contributed by atoms with Crippen molar-refractivity contribution >= 4 is 37.2 Å². The van der Waals surface area contributed by atoms with Gasteiger partial charge in [-0.15, -0.1) is 0 Å². The molecule has 1 fully saturated rings. The molecule has 1 saturated heterocycles. The summed E-state index contributed by atoms with van der Waals surface area (Å²) in [5, 5.41) is 0.103. The molecule has 0 aromatic heterocycles. The van der Waals surface area contributed by atoms with Gasteiger partial charge in [-0.1, -0.05) is 31.5 Å². The van der Waals surface area contributed by atoms with Gasteiger partial charge in [-0.05, 0) is 30.4 Å². The van der Waals surface area contributed by atoms with Crippen LogP contribution in [0, 0.1) is 5.41 Å². The van der Waals surface area contributed by atoms with Crippen molar-refractivity contribution in [1.29, 1.82) is 0 Å². The molecule has 1 amide bonds. The zero-order valence-corrected chi connectivity index (χ0v) is 14.2. The number of hydrogen-bond acceptors (Lipinski definition) is 3. The van der Waals surface area contributed by atoms with Crippen LogP contribution in [0.2, 0.25) is 5.02 Å². The lowest BCUT2D eigenvalue weighted by Crippen LogP contribution is -2.41. The van der Waals surface area contributed by atoms with E-state index in [1.165, 1.54) is 18.2 Å². The maximum Gasteiger partial charge on any atom is 0.262 e. The lowest BCUT2D eigenvalue weighted by Gasteiger charge is -2.37. The average molecular weight is 350 g/mol. The molecule has 0 aliphatic carbocycles. The Labute approximate surface area is 134 Å². The molecule has 1 heterocycles. The number of piperidine rings is 1. The van der Waals surface area contributed by atoms with E-state index in [9.17, 15) is 13.2 Å². The second-order valence-corrected chi connectivity index (χ2v) is 8.95. The van der Waals surface area contributed by atoms with Gasteiger partial charge >= 0.3 is 0 Å². The van der Waals surface area contributed by atoms with Crippen LogP contribution in [-0.2, 0) is 9.05 Å². The largest absolute Gasteiger partial charge is 0.339 e. The standard InChI is InChI=1S/C14H17Cl2NO3S/c1-14(2)6-8-17(9-7-14)13(18)12-10(15)4-3-5-11(12)21(16,19)20/h3-5H,6-9H2,1-2H3. The first-order valence-electron chi connectivity index (χ1n) is 6.64. The minimum Gasteiger partial charge on any atom is -0.339 e. The van der Waals surface area contributed by atoms with Crippen molar-refractivity contribution in [3.05, 3.63) is 28.8 Å². The predicted molar refractivity (Wildman–Crippen MR) is 83.4 cm³/mol. The Balaban J connectivity index is 2.37. The Hall–Kier alpha value is -0.780. The maximum absolute atomic E-state index is 12.6. The van der Waals surface area contributed by atoms with E-state index < -0.39 is 9.05 Å². The van der Waals surface area contributed by atoms with Gasteiger partial charge < -0.3 is 4.90 Å². The van der Waals surface area contributed by atoms with Crippen molar-refractivity contribution in [3.63, 3.8) is 0 Å². The van der Waals surface area contributed by atoms with Gasteiger partial charge in [-0.25, -0.2) is 8.42 Å². The van der Waals surface area contributed by atoms with Crippen molar-refractivity contribution in [1.82, 2.24) is 4.90 Å². The Morgan fingerprint density at radius 1 is 1.24 bits per heavy atom. The highest BCUT2D eigenvalue weighted by atomic mass is 35.7. The van der Waals surface area contributed by atoms with Gasteiger partial charge in [0.15, 0.2) is 0 Å². The van der Waals surface area contributed by atoms with Gasteiger partial charge in [0.1, 0.15) is 0 Å². The second-order valence-electron chi connectivity index (χ2n) is 6.01. The predicted octanol–water partition coefficient (Wildman–Crippen LogP) is 3.53. The summed E-state index contributed by atoms with van der Waals surface area (Å²) in [5.41, 5.74) is 0.160. The quantitative estimate of drug-likeness (QED) is 0.767. The lowest BCUT2D eigenvalue weighted by molar-refractivity contribution is 0.0626. The number of hydrogen-bond donors (Lipinski definition) is 0. The van der Waals surface area contributed by atoms with E-state index in [-0.39, 0.29) is 26.8 Å². The third-order valence-electron chi connectivity index (χ3n) is 3.86. The van der Waals surface area contributed by atoms with Gasteiger partial charge in [0.05, 0.1) is 15.5 Å². The monoisotopic (exact) mass is 349 g/mol. The molecule has 0 unspecified atom stereocenters.